The van der Waals surface area contributed by atoms with Gasteiger partial charge in [0, 0.05) is 5.56 Å². The van der Waals surface area contributed by atoms with Gasteiger partial charge in [-0.05, 0) is 25.3 Å². The molecule has 1 heterocycles. The van der Waals surface area contributed by atoms with Crippen LogP contribution in [0, 0.1) is 0 Å². The first-order chi connectivity index (χ1) is 7.83. The normalized spacial score (nSPS) is 19.5. The number of rotatable bonds is 3. The Bertz CT molecular complexity index is 349. The van der Waals surface area contributed by atoms with Gasteiger partial charge < -0.3 is 14.6 Å². The van der Waals surface area contributed by atoms with Gasteiger partial charge in [0.25, 0.3) is 0 Å². The predicted octanol–water partition coefficient (Wildman–Crippen LogP) is 2.68. The molecule has 3 nitrogen and oxygen atoms in total. The average molecular weight is 222 g/mol. The van der Waals surface area contributed by atoms with Gasteiger partial charge in [-0.1, -0.05) is 19.1 Å². The van der Waals surface area contributed by atoms with Crippen molar-refractivity contribution in [3.63, 3.8) is 0 Å². The van der Waals surface area contributed by atoms with E-state index >= 15 is 0 Å². The first-order valence-electron chi connectivity index (χ1n) is 5.89. The lowest BCUT2D eigenvalue weighted by atomic mass is 10.0. The molecule has 0 spiro atoms. The third-order valence-corrected chi connectivity index (χ3v) is 2.70. The zero-order chi connectivity index (χ0) is 11.4. The molecule has 1 atom stereocenters. The largest absolute Gasteiger partial charge is 0.490 e. The molecule has 0 unspecified atom stereocenters. The highest BCUT2D eigenvalue weighted by Crippen LogP contribution is 2.38. The number of aliphatic hydroxyl groups excluding tert-OH is 1. The van der Waals surface area contributed by atoms with Gasteiger partial charge >= 0.3 is 0 Å². The van der Waals surface area contributed by atoms with Crippen molar-refractivity contribution in [2.24, 2.45) is 0 Å². The average Bonchev–Trinajstić information content (AvgIpc) is 2.49. The second-order valence-corrected chi connectivity index (χ2v) is 4.03. The smallest absolute Gasteiger partial charge is 0.166 e. The Hall–Kier alpha value is -1.22. The van der Waals surface area contributed by atoms with Crippen molar-refractivity contribution in [2.45, 2.75) is 32.3 Å². The van der Waals surface area contributed by atoms with Crippen molar-refractivity contribution in [3.05, 3.63) is 23.8 Å². The van der Waals surface area contributed by atoms with Crippen LogP contribution in [0.2, 0.25) is 0 Å². The molecular weight excluding hydrogens is 204 g/mol. The maximum Gasteiger partial charge on any atom is 0.166 e. The van der Waals surface area contributed by atoms with Crippen molar-refractivity contribution >= 4 is 0 Å². The number of benzene rings is 1. The van der Waals surface area contributed by atoms with E-state index in [1.165, 1.54) is 0 Å². The number of hydrogen-bond acceptors (Lipinski definition) is 3. The third-order valence-electron chi connectivity index (χ3n) is 2.70. The first kappa shape index (κ1) is 11.3. The van der Waals surface area contributed by atoms with Crippen LogP contribution < -0.4 is 9.47 Å². The quantitative estimate of drug-likeness (QED) is 0.854. The summed E-state index contributed by atoms with van der Waals surface area (Å²) in [6.07, 6.45) is 2.17. The van der Waals surface area contributed by atoms with Gasteiger partial charge in [-0.2, -0.15) is 0 Å². The van der Waals surface area contributed by atoms with E-state index in [-0.39, 0.29) is 0 Å². The molecule has 1 aromatic rings. The topological polar surface area (TPSA) is 38.7 Å². The van der Waals surface area contributed by atoms with Crippen LogP contribution in [0.3, 0.4) is 0 Å². The van der Waals surface area contributed by atoms with Crippen LogP contribution in [0.5, 0.6) is 11.5 Å². The van der Waals surface area contributed by atoms with E-state index in [1.54, 1.807) is 0 Å². The molecule has 1 aromatic carbocycles. The van der Waals surface area contributed by atoms with Crippen LogP contribution in [0.1, 0.15) is 37.9 Å². The zero-order valence-electron chi connectivity index (χ0n) is 9.61. The minimum Gasteiger partial charge on any atom is -0.490 e. The van der Waals surface area contributed by atoms with E-state index in [4.69, 9.17) is 9.47 Å². The highest BCUT2D eigenvalue weighted by atomic mass is 16.5. The fourth-order valence-corrected chi connectivity index (χ4v) is 1.88. The van der Waals surface area contributed by atoms with Gasteiger partial charge in [0.1, 0.15) is 0 Å². The summed E-state index contributed by atoms with van der Waals surface area (Å²) in [5.74, 6) is 1.47. The van der Waals surface area contributed by atoms with Gasteiger partial charge in [0.15, 0.2) is 11.5 Å². The summed E-state index contributed by atoms with van der Waals surface area (Å²) in [5, 5.41) is 9.96. The first-order valence-corrected chi connectivity index (χ1v) is 5.89. The van der Waals surface area contributed by atoms with Crippen LogP contribution in [-0.2, 0) is 0 Å². The Labute approximate surface area is 96.0 Å². The highest BCUT2D eigenvalue weighted by molar-refractivity contribution is 5.48. The Morgan fingerprint density at radius 3 is 3.19 bits per heavy atom. The maximum absolute atomic E-state index is 9.96. The molecule has 1 aliphatic heterocycles. The van der Waals surface area contributed by atoms with Gasteiger partial charge in [-0.15, -0.1) is 0 Å². The second-order valence-electron chi connectivity index (χ2n) is 4.03. The Morgan fingerprint density at radius 1 is 1.50 bits per heavy atom. The number of para-hydroxylation sites is 1. The van der Waals surface area contributed by atoms with E-state index in [2.05, 4.69) is 6.92 Å². The van der Waals surface area contributed by atoms with Gasteiger partial charge in [-0.25, -0.2) is 0 Å². The number of ether oxygens (including phenoxy) is 2. The molecule has 2 rings (SSSR count). The summed E-state index contributed by atoms with van der Waals surface area (Å²) >= 11 is 0. The minimum absolute atomic E-state index is 0.428. The SMILES string of the molecule is CCCOc1cccc2c1OCCC[C@H]2O. The van der Waals surface area contributed by atoms with Crippen molar-refractivity contribution < 1.29 is 14.6 Å². The number of fused-ring (bicyclic) bond motifs is 1. The van der Waals surface area contributed by atoms with Gasteiger partial charge in [-0.3, -0.25) is 0 Å². The summed E-state index contributed by atoms with van der Waals surface area (Å²) in [5.41, 5.74) is 0.853. The zero-order valence-corrected chi connectivity index (χ0v) is 9.61. The highest BCUT2D eigenvalue weighted by Gasteiger charge is 2.20. The molecule has 16 heavy (non-hydrogen) atoms. The Morgan fingerprint density at radius 2 is 2.38 bits per heavy atom. The van der Waals surface area contributed by atoms with Crippen molar-refractivity contribution in [1.82, 2.24) is 0 Å². The standard InChI is InChI=1S/C13H18O3/c1-2-8-15-12-7-3-5-10-11(14)6-4-9-16-13(10)12/h3,5,7,11,14H,2,4,6,8-9H2,1H3/t11-/m1/s1. The van der Waals surface area contributed by atoms with Crippen LogP contribution in [0.4, 0.5) is 0 Å². The summed E-state index contributed by atoms with van der Waals surface area (Å²) in [6.45, 7) is 3.39. The van der Waals surface area contributed by atoms with E-state index in [9.17, 15) is 5.11 Å². The Balaban J connectivity index is 2.29. The van der Waals surface area contributed by atoms with E-state index < -0.39 is 6.10 Å². The minimum atomic E-state index is -0.428. The Kier molecular flexibility index (Phi) is 3.67. The molecule has 0 bridgehead atoms. The molecule has 0 amide bonds. The summed E-state index contributed by atoms with van der Waals surface area (Å²) in [6, 6.07) is 5.71. The van der Waals surface area contributed by atoms with Crippen molar-refractivity contribution in [1.29, 1.82) is 0 Å². The summed E-state index contributed by atoms with van der Waals surface area (Å²) < 4.78 is 11.3. The van der Waals surface area contributed by atoms with Gasteiger partial charge in [0.05, 0.1) is 19.3 Å². The monoisotopic (exact) mass is 222 g/mol. The van der Waals surface area contributed by atoms with Crippen LogP contribution in [0.25, 0.3) is 0 Å². The summed E-state index contributed by atoms with van der Waals surface area (Å²) in [4.78, 5) is 0. The maximum atomic E-state index is 9.96. The lowest BCUT2D eigenvalue weighted by molar-refractivity contribution is 0.167. The van der Waals surface area contributed by atoms with Crippen LogP contribution in [-0.4, -0.2) is 18.3 Å². The van der Waals surface area contributed by atoms with Crippen molar-refractivity contribution in [3.8, 4) is 11.5 Å². The van der Waals surface area contributed by atoms with E-state index in [0.717, 1.165) is 36.3 Å². The molecule has 3 heteroatoms. The fraction of sp³-hybridized carbons (Fsp3) is 0.538. The summed E-state index contributed by atoms with van der Waals surface area (Å²) in [7, 11) is 0. The molecule has 0 aliphatic carbocycles. The fourth-order valence-electron chi connectivity index (χ4n) is 1.88. The van der Waals surface area contributed by atoms with Crippen LogP contribution in [0.15, 0.2) is 18.2 Å². The number of aliphatic hydroxyl groups is 1. The van der Waals surface area contributed by atoms with Gasteiger partial charge in [0.2, 0.25) is 0 Å². The molecule has 0 saturated carbocycles. The molecule has 0 saturated heterocycles. The lowest BCUT2D eigenvalue weighted by Gasteiger charge is -2.15. The van der Waals surface area contributed by atoms with E-state index in [0.29, 0.717) is 13.2 Å². The predicted molar refractivity (Wildman–Crippen MR) is 61.9 cm³/mol. The third kappa shape index (κ3) is 2.30. The second kappa shape index (κ2) is 5.21. The number of hydrogen-bond donors (Lipinski definition) is 1. The molecule has 1 aliphatic rings. The van der Waals surface area contributed by atoms with E-state index in [1.807, 2.05) is 18.2 Å². The molecule has 0 radical (unpaired) electrons. The molecule has 1 N–H and O–H groups in total. The molecule has 0 aromatic heterocycles. The molecule has 0 fully saturated rings. The van der Waals surface area contributed by atoms with Crippen molar-refractivity contribution in [2.75, 3.05) is 13.2 Å². The molecular formula is C13H18O3. The van der Waals surface area contributed by atoms with Crippen LogP contribution >= 0.6 is 0 Å². The lowest BCUT2D eigenvalue weighted by Crippen LogP contribution is -2.02. The molecule has 88 valence electrons.